The van der Waals surface area contributed by atoms with Crippen LogP contribution in [0, 0.1) is 0 Å². The molecule has 0 heterocycles. The predicted molar refractivity (Wildman–Crippen MR) is 77.4 cm³/mol. The summed E-state index contributed by atoms with van der Waals surface area (Å²) in [6, 6.07) is 0. The Balaban J connectivity index is 0. The molecule has 0 rings (SSSR count). The van der Waals surface area contributed by atoms with E-state index in [1.165, 1.54) is 0 Å². The Labute approximate surface area is 134 Å². The van der Waals surface area contributed by atoms with Crippen molar-refractivity contribution in [3.63, 3.8) is 0 Å². The first-order valence-electron chi connectivity index (χ1n) is 7.26. The predicted octanol–water partition coefficient (Wildman–Crippen LogP) is 3.69. The second-order valence-corrected chi connectivity index (χ2v) is 5.74. The molecule has 4 nitrogen and oxygen atoms in total. The van der Waals surface area contributed by atoms with Gasteiger partial charge in [0, 0.05) is 0 Å². The summed E-state index contributed by atoms with van der Waals surface area (Å²) in [7, 11) is -4.67. The van der Waals surface area contributed by atoms with Gasteiger partial charge in [0.1, 0.15) is 0 Å². The molecule has 0 aromatic rings. The van der Waals surface area contributed by atoms with Gasteiger partial charge in [-0.15, -0.1) is 0 Å². The van der Waals surface area contributed by atoms with Gasteiger partial charge < -0.3 is 0 Å². The zero-order valence-electron chi connectivity index (χ0n) is 12.5. The third-order valence-corrected chi connectivity index (χ3v) is 2.90. The van der Waals surface area contributed by atoms with Crippen LogP contribution in [0.4, 0.5) is 13.2 Å². The van der Waals surface area contributed by atoms with Crippen LogP contribution in [0.1, 0.15) is 51.4 Å². The smallest absolute Gasteiger partial charge is 0.251 e. The Kier molecular flexibility index (Phi) is 17.0. The van der Waals surface area contributed by atoms with Gasteiger partial charge >= 0.3 is 112 Å². The Morgan fingerprint density at radius 1 is 0.857 bits per heavy atom. The summed E-state index contributed by atoms with van der Waals surface area (Å²) in [5, 5.41) is 0.268. The van der Waals surface area contributed by atoms with Crippen LogP contribution >= 0.6 is 0 Å². The first kappa shape index (κ1) is 23.5. The molecule has 0 aliphatic carbocycles. The summed E-state index contributed by atoms with van der Waals surface area (Å²) in [5.41, 5.74) is 0. The van der Waals surface area contributed by atoms with Crippen molar-refractivity contribution in [2.45, 2.75) is 68.8 Å². The minimum Gasteiger partial charge on any atom is -0.251 e. The third kappa shape index (κ3) is 25.5. The summed E-state index contributed by atoms with van der Waals surface area (Å²) < 4.78 is 69.2. The Morgan fingerprint density at radius 3 is 1.62 bits per heavy atom. The summed E-state index contributed by atoms with van der Waals surface area (Å²) >= 11 is 1.67. The van der Waals surface area contributed by atoms with Crippen molar-refractivity contribution in [3.8, 4) is 0 Å². The van der Waals surface area contributed by atoms with Gasteiger partial charge in [-0.25, -0.2) is 0 Å². The fourth-order valence-corrected chi connectivity index (χ4v) is 1.75. The Hall–Kier alpha value is 0.257. The normalized spacial score (nSPS) is 14.2. The first-order chi connectivity index (χ1) is 9.72. The first-order valence-corrected chi connectivity index (χ1v) is 8.66. The zero-order chi connectivity index (χ0) is 16.7. The molecule has 124 valence electrons. The fourth-order valence-electron chi connectivity index (χ4n) is 1.75. The number of hydrogen-bond donors (Lipinski definition) is 2. The van der Waals surface area contributed by atoms with Crippen molar-refractivity contribution in [1.82, 2.24) is 0 Å². The molecule has 2 unspecified atom stereocenters. The maximum atomic E-state index is 13.1. The molecule has 2 atom stereocenters. The van der Waals surface area contributed by atoms with Crippen molar-refractivity contribution in [3.05, 3.63) is 0 Å². The number of alkyl halides is 3. The van der Waals surface area contributed by atoms with Crippen LogP contribution in [0.15, 0.2) is 0 Å². The molecule has 0 saturated carbocycles. The van der Waals surface area contributed by atoms with E-state index in [0.717, 1.165) is 38.5 Å². The molecule has 0 radical (unpaired) electrons. The fraction of sp³-hybridized carbons (Fsp3) is 1.00. The molecule has 2 N–H and O–H groups in total. The molecule has 9 heteroatoms. The quantitative estimate of drug-likeness (QED) is 0.345. The molecule has 0 aliphatic rings. The average Bonchev–Trinajstić information content (AvgIpc) is 2.38. The van der Waals surface area contributed by atoms with Crippen molar-refractivity contribution in [2.75, 3.05) is 6.67 Å². The van der Waals surface area contributed by atoms with E-state index in [0.29, 0.717) is 12.8 Å². The molecular weight excluding hydrogens is 304 g/mol. The minimum absolute atomic E-state index is 0.224. The van der Waals surface area contributed by atoms with E-state index in [2.05, 4.69) is 0 Å². The summed E-state index contributed by atoms with van der Waals surface area (Å²) in [6.45, 7) is -0.224. The van der Waals surface area contributed by atoms with E-state index in [9.17, 15) is 13.2 Å². The van der Waals surface area contributed by atoms with Gasteiger partial charge in [-0.05, 0) is 0 Å². The molecule has 0 spiro atoms. The summed E-state index contributed by atoms with van der Waals surface area (Å²) in [6.07, 6.45) is 4.32. The van der Waals surface area contributed by atoms with Gasteiger partial charge in [0.15, 0.2) is 0 Å². The Bertz CT molecular complexity index is 310. The number of rotatable bonds is 11. The van der Waals surface area contributed by atoms with Crippen LogP contribution in [-0.4, -0.2) is 54.3 Å². The van der Waals surface area contributed by atoms with Crippen LogP contribution in [0.2, 0.25) is 5.09 Å². The Morgan fingerprint density at radius 2 is 1.24 bits per heavy atom. The van der Waals surface area contributed by atoms with E-state index < -0.39 is 22.7 Å². The molecule has 0 aliphatic heterocycles. The molecule has 0 aromatic carbocycles. The molecule has 0 saturated heterocycles. The van der Waals surface area contributed by atoms with Crippen molar-refractivity contribution < 1.29 is 30.7 Å². The topological polar surface area (TPSA) is 74.6 Å². The van der Waals surface area contributed by atoms with E-state index in [4.69, 9.17) is 17.5 Å². The van der Waals surface area contributed by atoms with E-state index in [1.807, 2.05) is 0 Å². The van der Waals surface area contributed by atoms with Gasteiger partial charge in [-0.2, -0.15) is 8.42 Å². The van der Waals surface area contributed by atoms with Gasteiger partial charge in [0.2, 0.25) is 0 Å². The molecule has 0 fully saturated rings. The average molecular weight is 328 g/mol. The summed E-state index contributed by atoms with van der Waals surface area (Å²) in [5.74, 6) is 0. The molecule has 0 aromatic heterocycles. The van der Waals surface area contributed by atoms with Crippen LogP contribution in [0.3, 0.4) is 0 Å². The number of unbranched alkanes of at least 4 members (excludes halogenated alkanes) is 6. The minimum atomic E-state index is -4.67. The van der Waals surface area contributed by atoms with Gasteiger partial charge in [-0.3, -0.25) is 13.5 Å². The van der Waals surface area contributed by atoms with E-state index >= 15 is 0 Å². The van der Waals surface area contributed by atoms with Crippen molar-refractivity contribution in [1.29, 1.82) is 0 Å². The van der Waals surface area contributed by atoms with E-state index in [-0.39, 0.29) is 11.8 Å². The second-order valence-electron chi connectivity index (χ2n) is 4.84. The van der Waals surface area contributed by atoms with Gasteiger partial charge in [0.05, 0.1) is 0 Å². The van der Waals surface area contributed by atoms with E-state index in [1.54, 1.807) is 17.7 Å². The molecule has 0 amide bonds. The summed E-state index contributed by atoms with van der Waals surface area (Å²) in [4.78, 5) is 0. The second kappa shape index (κ2) is 15.2. The zero-order valence-corrected chi connectivity index (χ0v) is 13.3. The van der Waals surface area contributed by atoms with Crippen molar-refractivity contribution >= 4 is 28.1 Å². The SMILES string of the molecule is O=S(=O)(O)O.[Li][CH2]C(F)C(F)CCCCCCCCCF. The number of hydrogen-bond acceptors (Lipinski definition) is 2. The van der Waals surface area contributed by atoms with Gasteiger partial charge in [0.25, 0.3) is 0 Å². The molecule has 0 bridgehead atoms. The van der Waals surface area contributed by atoms with Gasteiger partial charge in [-0.1, -0.05) is 0 Å². The van der Waals surface area contributed by atoms with Crippen LogP contribution in [0.25, 0.3) is 0 Å². The maximum absolute atomic E-state index is 13.1. The van der Waals surface area contributed by atoms with Crippen LogP contribution in [0.5, 0.6) is 0 Å². The van der Waals surface area contributed by atoms with Crippen LogP contribution in [-0.2, 0) is 10.4 Å². The van der Waals surface area contributed by atoms with Crippen molar-refractivity contribution in [2.24, 2.45) is 0 Å². The third-order valence-electron chi connectivity index (χ3n) is 2.90. The molecular formula is C12H24F3LiO4S. The standard InChI is InChI=1S/C12H22F3.Li.H2O4S/c1-11(14)12(15)9-7-5-3-2-4-6-8-10-13;;1-5(2,3)4/h11-12H,1-10H2;;(H2,1,2,3,4). The number of halogens is 3. The molecule has 21 heavy (non-hydrogen) atoms. The monoisotopic (exact) mass is 328 g/mol. The van der Waals surface area contributed by atoms with Crippen LogP contribution < -0.4 is 0 Å².